The summed E-state index contributed by atoms with van der Waals surface area (Å²) in [5.41, 5.74) is 1.39. The number of carbonyl (C=O) groups excluding carboxylic acids is 2. The lowest BCUT2D eigenvalue weighted by atomic mass is 9.97. The number of esters is 1. The van der Waals surface area contributed by atoms with E-state index in [1.165, 1.54) is 6.07 Å². The molecule has 0 bridgehead atoms. The summed E-state index contributed by atoms with van der Waals surface area (Å²) in [7, 11) is 0. The van der Waals surface area contributed by atoms with Crippen LogP contribution in [0.25, 0.3) is 11.3 Å². The number of hydrogen-bond acceptors (Lipinski definition) is 6. The highest BCUT2D eigenvalue weighted by Gasteiger charge is 2.35. The van der Waals surface area contributed by atoms with E-state index in [9.17, 15) is 18.4 Å². The first-order chi connectivity index (χ1) is 17.5. The second-order valence-corrected chi connectivity index (χ2v) is 8.62. The van der Waals surface area contributed by atoms with Crippen molar-refractivity contribution in [1.29, 1.82) is 0 Å². The minimum absolute atomic E-state index is 0.107. The van der Waals surface area contributed by atoms with Gasteiger partial charge in [-0.2, -0.15) is 4.98 Å². The Bertz CT molecular complexity index is 1280. The van der Waals surface area contributed by atoms with Gasteiger partial charge in [0.15, 0.2) is 5.82 Å². The highest BCUT2D eigenvalue weighted by atomic mass is 19.1. The topological polar surface area (TPSA) is 87.7 Å². The molecule has 36 heavy (non-hydrogen) atoms. The molecule has 0 radical (unpaired) electrons. The van der Waals surface area contributed by atoms with E-state index in [1.54, 1.807) is 6.92 Å². The van der Waals surface area contributed by atoms with E-state index in [4.69, 9.17) is 9.72 Å². The predicted molar refractivity (Wildman–Crippen MR) is 130 cm³/mol. The van der Waals surface area contributed by atoms with Crippen LogP contribution in [0.2, 0.25) is 0 Å². The number of anilines is 3. The summed E-state index contributed by atoms with van der Waals surface area (Å²) in [5.74, 6) is -1.73. The van der Waals surface area contributed by atoms with Crippen molar-refractivity contribution in [1.82, 2.24) is 15.3 Å². The van der Waals surface area contributed by atoms with Crippen molar-refractivity contribution in [3.63, 3.8) is 0 Å². The third kappa shape index (κ3) is 4.34. The summed E-state index contributed by atoms with van der Waals surface area (Å²) < 4.78 is 34.8. The van der Waals surface area contributed by atoms with Gasteiger partial charge in [-0.3, -0.25) is 4.79 Å². The number of fused-ring (bicyclic) bond motifs is 1. The summed E-state index contributed by atoms with van der Waals surface area (Å²) >= 11 is 0. The Morgan fingerprint density at radius 2 is 1.75 bits per heavy atom. The van der Waals surface area contributed by atoms with E-state index in [0.29, 0.717) is 49.7 Å². The molecule has 3 aromatic rings. The van der Waals surface area contributed by atoms with Gasteiger partial charge in [-0.25, -0.2) is 23.5 Å². The van der Waals surface area contributed by atoms with Gasteiger partial charge in [-0.05, 0) is 31.9 Å². The second-order valence-electron chi connectivity index (χ2n) is 8.62. The van der Waals surface area contributed by atoms with Crippen LogP contribution in [0.3, 0.4) is 0 Å². The smallest absolute Gasteiger partial charge is 0.328 e. The number of nitrogens with one attached hydrogen (secondary N) is 1. The zero-order chi connectivity index (χ0) is 25.2. The van der Waals surface area contributed by atoms with Crippen LogP contribution in [-0.4, -0.2) is 41.7 Å². The number of rotatable bonds is 5. The minimum atomic E-state index is -0.880. The van der Waals surface area contributed by atoms with E-state index in [0.717, 1.165) is 22.6 Å². The lowest BCUT2D eigenvalue weighted by molar-refractivity contribution is -0.148. The number of halogens is 2. The number of ether oxygens (including phenoxy) is 1. The molecule has 1 saturated heterocycles. The first kappa shape index (κ1) is 23.7. The molecule has 10 heteroatoms. The first-order valence-corrected chi connectivity index (χ1v) is 11.9. The third-order valence-electron chi connectivity index (χ3n) is 6.41. The number of amides is 2. The van der Waals surface area contributed by atoms with Crippen molar-refractivity contribution >= 4 is 29.5 Å². The fraction of sp³-hybridized carbons (Fsp3) is 0.308. The molecular formula is C26H25F2N5O3. The van der Waals surface area contributed by atoms with Crippen LogP contribution in [0, 0.1) is 17.6 Å². The fourth-order valence-electron chi connectivity index (χ4n) is 4.61. The monoisotopic (exact) mass is 493 g/mol. The Balaban J connectivity index is 1.60. The Morgan fingerprint density at radius 3 is 2.42 bits per heavy atom. The first-order valence-electron chi connectivity index (χ1n) is 11.9. The second kappa shape index (κ2) is 9.88. The third-order valence-corrected chi connectivity index (χ3v) is 6.41. The predicted octanol–water partition coefficient (Wildman–Crippen LogP) is 4.56. The molecule has 8 nitrogen and oxygen atoms in total. The number of nitrogens with zero attached hydrogens (tertiary/aromatic N) is 4. The van der Waals surface area contributed by atoms with Crippen molar-refractivity contribution in [2.45, 2.75) is 26.3 Å². The number of para-hydroxylation sites is 1. The average Bonchev–Trinajstić information content (AvgIpc) is 2.90. The number of piperidine rings is 1. The number of urea groups is 1. The lowest BCUT2D eigenvalue weighted by Gasteiger charge is -2.34. The standard InChI is InChI=1S/C26H25F2N5O3/c1-2-36-24(34)17-11-13-32(14-12-17)25-30-21(16-7-4-3-5-8-16)18-15-29-26(35)33(23(18)31-25)22-19(27)9-6-10-20(22)28/h3-10,17H,2,11-15H2,1H3,(H,29,35). The van der Waals surface area contributed by atoms with Crippen molar-refractivity contribution in [2.24, 2.45) is 5.92 Å². The maximum Gasteiger partial charge on any atom is 0.328 e. The Hall–Kier alpha value is -4.08. The van der Waals surface area contributed by atoms with Crippen LogP contribution >= 0.6 is 0 Å². The van der Waals surface area contributed by atoms with Crippen LogP contribution in [-0.2, 0) is 16.1 Å². The van der Waals surface area contributed by atoms with E-state index >= 15 is 0 Å². The largest absolute Gasteiger partial charge is 0.466 e. The highest BCUT2D eigenvalue weighted by molar-refractivity contribution is 6.02. The van der Waals surface area contributed by atoms with Crippen molar-refractivity contribution < 1.29 is 23.1 Å². The minimum Gasteiger partial charge on any atom is -0.466 e. The molecule has 0 unspecified atom stereocenters. The van der Waals surface area contributed by atoms with E-state index in [-0.39, 0.29) is 24.2 Å². The molecule has 2 aliphatic heterocycles. The lowest BCUT2D eigenvalue weighted by Crippen LogP contribution is -2.44. The zero-order valence-corrected chi connectivity index (χ0v) is 19.7. The molecule has 2 amide bonds. The summed E-state index contributed by atoms with van der Waals surface area (Å²) in [6.07, 6.45) is 1.12. The summed E-state index contributed by atoms with van der Waals surface area (Å²) in [6, 6.07) is 12.1. The molecule has 5 rings (SSSR count). The molecular weight excluding hydrogens is 468 g/mol. The van der Waals surface area contributed by atoms with Gasteiger partial charge in [0, 0.05) is 24.2 Å². The van der Waals surface area contributed by atoms with Gasteiger partial charge in [0.2, 0.25) is 5.95 Å². The van der Waals surface area contributed by atoms with Gasteiger partial charge in [0.25, 0.3) is 0 Å². The fourth-order valence-corrected chi connectivity index (χ4v) is 4.61. The Kier molecular flexibility index (Phi) is 6.49. The average molecular weight is 494 g/mol. The van der Waals surface area contributed by atoms with E-state index < -0.39 is 23.4 Å². The quantitative estimate of drug-likeness (QED) is 0.525. The van der Waals surface area contributed by atoms with Crippen molar-refractivity contribution in [3.05, 3.63) is 65.7 Å². The number of aromatic nitrogens is 2. The molecule has 2 aromatic carbocycles. The summed E-state index contributed by atoms with van der Waals surface area (Å²) in [5, 5.41) is 2.69. The van der Waals surface area contributed by atoms with Gasteiger partial charge < -0.3 is 15.0 Å². The molecule has 2 aliphatic rings. The van der Waals surface area contributed by atoms with E-state index in [1.807, 2.05) is 35.2 Å². The molecule has 3 heterocycles. The molecule has 0 saturated carbocycles. The molecule has 186 valence electrons. The van der Waals surface area contributed by atoms with Crippen LogP contribution in [0.1, 0.15) is 25.3 Å². The molecule has 0 aliphatic carbocycles. The Morgan fingerprint density at radius 1 is 1.06 bits per heavy atom. The van der Waals surface area contributed by atoms with Gasteiger partial charge in [0.1, 0.15) is 17.3 Å². The normalized spacial score (nSPS) is 15.9. The van der Waals surface area contributed by atoms with E-state index in [2.05, 4.69) is 10.3 Å². The van der Waals surface area contributed by atoms with Gasteiger partial charge in [-0.15, -0.1) is 0 Å². The zero-order valence-electron chi connectivity index (χ0n) is 19.7. The Labute approximate surface area is 206 Å². The summed E-state index contributed by atoms with van der Waals surface area (Å²) in [6.45, 7) is 3.21. The van der Waals surface area contributed by atoms with Crippen LogP contribution < -0.4 is 15.1 Å². The molecule has 0 spiro atoms. The molecule has 1 fully saturated rings. The summed E-state index contributed by atoms with van der Waals surface area (Å²) in [4.78, 5) is 37.4. The van der Waals surface area contributed by atoms with Crippen LogP contribution in [0.5, 0.6) is 0 Å². The SMILES string of the molecule is CCOC(=O)C1CCN(c2nc(-c3ccccc3)c3c(n2)N(c2c(F)cccc2F)C(=O)NC3)CC1. The highest BCUT2D eigenvalue weighted by Crippen LogP contribution is 2.39. The number of benzene rings is 2. The van der Waals surface area contributed by atoms with Crippen LogP contribution in [0.15, 0.2) is 48.5 Å². The van der Waals surface area contributed by atoms with Gasteiger partial charge in [0.05, 0.1) is 24.8 Å². The molecule has 0 atom stereocenters. The maximum absolute atomic E-state index is 14.8. The van der Waals surface area contributed by atoms with Crippen molar-refractivity contribution in [2.75, 3.05) is 29.5 Å². The van der Waals surface area contributed by atoms with Crippen molar-refractivity contribution in [3.8, 4) is 11.3 Å². The number of hydrogen-bond donors (Lipinski definition) is 1. The number of carbonyl (C=O) groups is 2. The van der Waals surface area contributed by atoms with Gasteiger partial charge in [-0.1, -0.05) is 36.4 Å². The van der Waals surface area contributed by atoms with Crippen LogP contribution in [0.4, 0.5) is 31.0 Å². The maximum atomic E-state index is 14.8. The van der Waals surface area contributed by atoms with Gasteiger partial charge >= 0.3 is 12.0 Å². The molecule has 1 aromatic heterocycles. The molecule has 1 N–H and O–H groups in total.